The van der Waals surface area contributed by atoms with Crippen LogP contribution in [-0.2, 0) is 12.8 Å². The Morgan fingerprint density at radius 1 is 1.21 bits per heavy atom. The molecule has 124 valence electrons. The number of fused-ring (bicyclic) bond motifs is 1. The summed E-state index contributed by atoms with van der Waals surface area (Å²) in [7, 11) is 0. The van der Waals surface area contributed by atoms with Gasteiger partial charge in [-0.15, -0.1) is 0 Å². The van der Waals surface area contributed by atoms with E-state index in [0.717, 1.165) is 33.5 Å². The normalized spacial score (nSPS) is 11.0. The van der Waals surface area contributed by atoms with Crippen LogP contribution in [0.3, 0.4) is 0 Å². The number of hydrogen-bond donors (Lipinski definition) is 1. The number of halogens is 1. The average Bonchev–Trinajstić information content (AvgIpc) is 2.94. The van der Waals surface area contributed by atoms with Crippen molar-refractivity contribution in [3.8, 4) is 0 Å². The summed E-state index contributed by atoms with van der Waals surface area (Å²) in [6.45, 7) is 6.12. The zero-order valence-corrected chi connectivity index (χ0v) is 15.6. The van der Waals surface area contributed by atoms with Crippen LogP contribution < -0.4 is 5.32 Å². The van der Waals surface area contributed by atoms with Gasteiger partial charge in [0.15, 0.2) is 0 Å². The van der Waals surface area contributed by atoms with E-state index in [4.69, 9.17) is 0 Å². The van der Waals surface area contributed by atoms with Gasteiger partial charge in [-0.3, -0.25) is 9.20 Å². The van der Waals surface area contributed by atoms with Gasteiger partial charge in [-0.05, 0) is 65.0 Å². The summed E-state index contributed by atoms with van der Waals surface area (Å²) in [6.07, 6.45) is 3.58. The van der Waals surface area contributed by atoms with Gasteiger partial charge in [0.1, 0.15) is 11.3 Å². The van der Waals surface area contributed by atoms with Crippen LogP contribution in [0.1, 0.15) is 41.2 Å². The molecule has 24 heavy (non-hydrogen) atoms. The van der Waals surface area contributed by atoms with E-state index in [-0.39, 0.29) is 5.91 Å². The molecule has 0 saturated heterocycles. The zero-order valence-electron chi connectivity index (χ0n) is 14.1. The number of aromatic nitrogens is 2. The molecular weight excluding hydrogens is 366 g/mol. The minimum atomic E-state index is -0.138. The van der Waals surface area contributed by atoms with Gasteiger partial charge in [-0.2, -0.15) is 0 Å². The second-order valence-corrected chi connectivity index (χ2v) is 6.72. The first-order valence-corrected chi connectivity index (χ1v) is 8.90. The maximum Gasteiger partial charge on any atom is 0.274 e. The number of amides is 1. The first-order valence-electron chi connectivity index (χ1n) is 8.10. The van der Waals surface area contributed by atoms with Crippen molar-refractivity contribution in [1.82, 2.24) is 9.38 Å². The van der Waals surface area contributed by atoms with Crippen molar-refractivity contribution in [3.63, 3.8) is 0 Å². The van der Waals surface area contributed by atoms with E-state index < -0.39 is 0 Å². The lowest BCUT2D eigenvalue weighted by Gasteiger charge is -2.08. The van der Waals surface area contributed by atoms with Crippen molar-refractivity contribution in [2.75, 3.05) is 5.32 Å². The maximum atomic E-state index is 12.9. The minimum Gasteiger partial charge on any atom is -0.321 e. The van der Waals surface area contributed by atoms with Crippen molar-refractivity contribution in [2.45, 2.75) is 33.6 Å². The van der Waals surface area contributed by atoms with Gasteiger partial charge in [0.25, 0.3) is 5.91 Å². The standard InChI is InChI=1S/C19H20BrN3O/c1-4-13-6-8-15(9-7-13)21-19(24)17-16(5-2)22-18-12(3)10-14(20)11-23(17)18/h6-11H,4-5H2,1-3H3,(H,21,24). The number of nitrogens with zero attached hydrogens (tertiary/aromatic N) is 2. The molecule has 4 nitrogen and oxygen atoms in total. The van der Waals surface area contributed by atoms with Gasteiger partial charge in [0, 0.05) is 16.4 Å². The quantitative estimate of drug-likeness (QED) is 0.701. The van der Waals surface area contributed by atoms with Gasteiger partial charge in [0.2, 0.25) is 0 Å². The molecule has 0 atom stereocenters. The molecule has 0 bridgehead atoms. The monoisotopic (exact) mass is 385 g/mol. The Morgan fingerprint density at radius 3 is 2.54 bits per heavy atom. The molecule has 1 amide bonds. The molecular formula is C19H20BrN3O. The highest BCUT2D eigenvalue weighted by Gasteiger charge is 2.19. The number of nitrogens with one attached hydrogen (secondary N) is 1. The molecule has 0 aliphatic rings. The van der Waals surface area contributed by atoms with Gasteiger partial charge in [-0.25, -0.2) is 4.98 Å². The average molecular weight is 386 g/mol. The van der Waals surface area contributed by atoms with Crippen LogP contribution in [-0.4, -0.2) is 15.3 Å². The molecule has 3 aromatic rings. The second-order valence-electron chi connectivity index (χ2n) is 5.80. The molecule has 0 fully saturated rings. The van der Waals surface area contributed by atoms with E-state index in [1.807, 2.05) is 54.8 Å². The SMILES string of the molecule is CCc1ccc(NC(=O)c2c(CC)nc3c(C)cc(Br)cn23)cc1. The van der Waals surface area contributed by atoms with E-state index in [0.29, 0.717) is 12.1 Å². The highest BCUT2D eigenvalue weighted by molar-refractivity contribution is 9.10. The van der Waals surface area contributed by atoms with Crippen molar-refractivity contribution >= 4 is 33.2 Å². The summed E-state index contributed by atoms with van der Waals surface area (Å²) < 4.78 is 2.79. The van der Waals surface area contributed by atoms with Gasteiger partial charge < -0.3 is 5.32 Å². The number of imidazole rings is 1. The third kappa shape index (κ3) is 3.08. The molecule has 0 saturated carbocycles. The van der Waals surface area contributed by atoms with Crippen molar-refractivity contribution in [3.05, 3.63) is 63.5 Å². The Kier molecular flexibility index (Phi) is 4.71. The lowest BCUT2D eigenvalue weighted by molar-refractivity contribution is 0.102. The number of carbonyl (C=O) groups excluding carboxylic acids is 1. The van der Waals surface area contributed by atoms with Crippen LogP contribution in [0, 0.1) is 6.92 Å². The maximum absolute atomic E-state index is 12.9. The van der Waals surface area contributed by atoms with Gasteiger partial charge in [-0.1, -0.05) is 26.0 Å². The Bertz CT molecular complexity index is 897. The van der Waals surface area contributed by atoms with E-state index >= 15 is 0 Å². The number of benzene rings is 1. The van der Waals surface area contributed by atoms with E-state index in [2.05, 4.69) is 33.2 Å². The predicted molar refractivity (Wildman–Crippen MR) is 101 cm³/mol. The summed E-state index contributed by atoms with van der Waals surface area (Å²) in [5, 5.41) is 2.99. The number of pyridine rings is 1. The second kappa shape index (κ2) is 6.77. The molecule has 0 radical (unpaired) electrons. The van der Waals surface area contributed by atoms with Crippen molar-refractivity contribution in [2.24, 2.45) is 0 Å². The van der Waals surface area contributed by atoms with Crippen LogP contribution in [0.25, 0.3) is 5.65 Å². The minimum absolute atomic E-state index is 0.138. The van der Waals surface area contributed by atoms with Crippen molar-refractivity contribution in [1.29, 1.82) is 0 Å². The highest BCUT2D eigenvalue weighted by atomic mass is 79.9. The predicted octanol–water partition coefficient (Wildman–Crippen LogP) is 4.78. The number of rotatable bonds is 4. The molecule has 0 spiro atoms. The summed E-state index contributed by atoms with van der Waals surface area (Å²) in [6, 6.07) is 9.95. The van der Waals surface area contributed by atoms with Crippen LogP contribution in [0.2, 0.25) is 0 Å². The Hall–Kier alpha value is -2.14. The lowest BCUT2D eigenvalue weighted by atomic mass is 10.1. The molecule has 0 aliphatic carbocycles. The third-order valence-electron chi connectivity index (χ3n) is 4.11. The zero-order chi connectivity index (χ0) is 17.3. The largest absolute Gasteiger partial charge is 0.321 e. The molecule has 3 rings (SSSR count). The fourth-order valence-electron chi connectivity index (χ4n) is 2.82. The van der Waals surface area contributed by atoms with Crippen LogP contribution >= 0.6 is 15.9 Å². The molecule has 1 aromatic carbocycles. The number of carbonyl (C=O) groups is 1. The highest BCUT2D eigenvalue weighted by Crippen LogP contribution is 2.22. The number of hydrogen-bond acceptors (Lipinski definition) is 2. The van der Waals surface area contributed by atoms with Crippen LogP contribution in [0.4, 0.5) is 5.69 Å². The Balaban J connectivity index is 2.02. The fraction of sp³-hybridized carbons (Fsp3) is 0.263. The summed E-state index contributed by atoms with van der Waals surface area (Å²) in [4.78, 5) is 17.5. The first-order chi connectivity index (χ1) is 11.5. The molecule has 2 aromatic heterocycles. The summed E-state index contributed by atoms with van der Waals surface area (Å²) in [5.41, 5.74) is 5.29. The number of anilines is 1. The Labute approximate surface area is 150 Å². The Morgan fingerprint density at radius 2 is 1.92 bits per heavy atom. The molecule has 0 aliphatic heterocycles. The van der Waals surface area contributed by atoms with Crippen LogP contribution in [0.15, 0.2) is 41.0 Å². The molecule has 0 unspecified atom stereocenters. The molecule has 2 heterocycles. The third-order valence-corrected chi connectivity index (χ3v) is 4.55. The first kappa shape index (κ1) is 16.7. The smallest absolute Gasteiger partial charge is 0.274 e. The van der Waals surface area contributed by atoms with Crippen molar-refractivity contribution < 1.29 is 4.79 Å². The van der Waals surface area contributed by atoms with E-state index in [1.54, 1.807) is 0 Å². The molecule has 5 heteroatoms. The summed E-state index contributed by atoms with van der Waals surface area (Å²) >= 11 is 3.50. The van der Waals surface area contributed by atoms with Gasteiger partial charge >= 0.3 is 0 Å². The lowest BCUT2D eigenvalue weighted by Crippen LogP contribution is -2.16. The number of aryl methyl sites for hydroxylation is 3. The molecule has 1 N–H and O–H groups in total. The summed E-state index contributed by atoms with van der Waals surface area (Å²) in [5.74, 6) is -0.138. The fourth-order valence-corrected chi connectivity index (χ4v) is 3.36. The topological polar surface area (TPSA) is 46.4 Å². The van der Waals surface area contributed by atoms with Crippen LogP contribution in [0.5, 0.6) is 0 Å². The van der Waals surface area contributed by atoms with E-state index in [1.165, 1.54) is 5.56 Å². The van der Waals surface area contributed by atoms with E-state index in [9.17, 15) is 4.79 Å². The van der Waals surface area contributed by atoms with Gasteiger partial charge in [0.05, 0.1) is 5.69 Å².